The largest absolute Gasteiger partial charge is 0.481 e. The zero-order chi connectivity index (χ0) is 13.1. The molecule has 6 heteroatoms. The number of morpholine rings is 1. The first kappa shape index (κ1) is 13.0. The highest BCUT2D eigenvalue weighted by Crippen LogP contribution is 2.20. The van der Waals surface area contributed by atoms with Crippen molar-refractivity contribution in [1.82, 2.24) is 4.90 Å². The number of carboxylic acid groups (broad SMARTS) is 1. The zero-order valence-corrected chi connectivity index (χ0v) is 10.9. The molecular formula is C12H15NO4S. The monoisotopic (exact) mass is 269 g/mol. The van der Waals surface area contributed by atoms with Gasteiger partial charge in [0.1, 0.15) is 0 Å². The van der Waals surface area contributed by atoms with E-state index in [1.54, 1.807) is 4.90 Å². The van der Waals surface area contributed by atoms with Crippen LogP contribution in [-0.4, -0.2) is 47.7 Å². The normalized spacial score (nSPS) is 19.8. The van der Waals surface area contributed by atoms with Crippen LogP contribution < -0.4 is 0 Å². The summed E-state index contributed by atoms with van der Waals surface area (Å²) < 4.78 is 5.26. The number of carbonyl (C=O) groups is 2. The third-order valence-electron chi connectivity index (χ3n) is 2.98. The third-order valence-corrected chi connectivity index (χ3v) is 3.85. The molecule has 18 heavy (non-hydrogen) atoms. The molecule has 1 aromatic heterocycles. The Kier molecular flexibility index (Phi) is 3.98. The van der Waals surface area contributed by atoms with E-state index in [-0.39, 0.29) is 18.4 Å². The highest BCUT2D eigenvalue weighted by atomic mass is 32.1. The molecule has 0 radical (unpaired) electrons. The summed E-state index contributed by atoms with van der Waals surface area (Å²) in [5.74, 6) is -1.01. The fraction of sp³-hybridized carbons (Fsp3) is 0.500. The lowest BCUT2D eigenvalue weighted by atomic mass is 10.1. The van der Waals surface area contributed by atoms with E-state index in [4.69, 9.17) is 9.84 Å². The second-order valence-electron chi connectivity index (χ2n) is 4.29. The molecule has 1 amide bonds. The van der Waals surface area contributed by atoms with E-state index in [9.17, 15) is 9.59 Å². The van der Waals surface area contributed by atoms with Crippen molar-refractivity contribution in [2.24, 2.45) is 0 Å². The summed E-state index contributed by atoms with van der Waals surface area (Å²) in [5.41, 5.74) is 1.60. The average Bonchev–Trinajstić information content (AvgIpc) is 2.74. The topological polar surface area (TPSA) is 66.8 Å². The van der Waals surface area contributed by atoms with Crippen LogP contribution in [0.1, 0.15) is 22.3 Å². The SMILES string of the molecule is Cc1cscc1C(=O)N1CCOCC1CC(=O)O. The van der Waals surface area contributed by atoms with Crippen molar-refractivity contribution >= 4 is 23.2 Å². The summed E-state index contributed by atoms with van der Waals surface area (Å²) in [6.07, 6.45) is -0.0745. The van der Waals surface area contributed by atoms with Crippen LogP contribution in [-0.2, 0) is 9.53 Å². The Morgan fingerprint density at radius 3 is 2.94 bits per heavy atom. The van der Waals surface area contributed by atoms with Crippen molar-refractivity contribution in [2.75, 3.05) is 19.8 Å². The number of aliphatic carboxylic acids is 1. The van der Waals surface area contributed by atoms with Crippen LogP contribution in [0.4, 0.5) is 0 Å². The first-order valence-corrected chi connectivity index (χ1v) is 6.67. The minimum absolute atomic E-state index is 0.0745. The van der Waals surface area contributed by atoms with E-state index in [0.717, 1.165) is 5.56 Å². The molecule has 0 aromatic carbocycles. The molecule has 98 valence electrons. The van der Waals surface area contributed by atoms with Crippen molar-refractivity contribution in [2.45, 2.75) is 19.4 Å². The number of rotatable bonds is 3. The van der Waals surface area contributed by atoms with Crippen molar-refractivity contribution in [1.29, 1.82) is 0 Å². The van der Waals surface area contributed by atoms with Gasteiger partial charge >= 0.3 is 5.97 Å². The summed E-state index contributed by atoms with van der Waals surface area (Å²) in [6, 6.07) is -0.372. The molecule has 0 spiro atoms. The second kappa shape index (κ2) is 5.49. The Balaban J connectivity index is 2.16. The highest BCUT2D eigenvalue weighted by molar-refractivity contribution is 7.08. The van der Waals surface area contributed by atoms with Crippen LogP contribution in [0, 0.1) is 6.92 Å². The number of hydrogen-bond acceptors (Lipinski definition) is 4. The summed E-state index contributed by atoms with van der Waals surface area (Å²) in [4.78, 5) is 24.8. The molecule has 0 saturated carbocycles. The van der Waals surface area contributed by atoms with Gasteiger partial charge in [-0.25, -0.2) is 0 Å². The Morgan fingerprint density at radius 1 is 1.56 bits per heavy atom. The number of carboxylic acids is 1. The quantitative estimate of drug-likeness (QED) is 0.900. The molecule has 1 saturated heterocycles. The molecule has 5 nitrogen and oxygen atoms in total. The number of hydrogen-bond donors (Lipinski definition) is 1. The smallest absolute Gasteiger partial charge is 0.305 e. The van der Waals surface area contributed by atoms with Gasteiger partial charge in [-0.2, -0.15) is 11.3 Å². The van der Waals surface area contributed by atoms with Gasteiger partial charge in [0.15, 0.2) is 0 Å². The van der Waals surface area contributed by atoms with Crippen LogP contribution in [0.2, 0.25) is 0 Å². The fourth-order valence-corrected chi connectivity index (χ4v) is 2.85. The molecular weight excluding hydrogens is 254 g/mol. The third kappa shape index (κ3) is 2.70. The number of thiophene rings is 1. The molecule has 1 aliphatic heterocycles. The molecule has 1 atom stereocenters. The van der Waals surface area contributed by atoms with Crippen LogP contribution in [0.25, 0.3) is 0 Å². The van der Waals surface area contributed by atoms with Crippen molar-refractivity contribution in [3.63, 3.8) is 0 Å². The lowest BCUT2D eigenvalue weighted by Crippen LogP contribution is -2.49. The van der Waals surface area contributed by atoms with E-state index >= 15 is 0 Å². The maximum Gasteiger partial charge on any atom is 0.305 e. The lowest BCUT2D eigenvalue weighted by Gasteiger charge is -2.34. The Morgan fingerprint density at radius 2 is 2.33 bits per heavy atom. The first-order chi connectivity index (χ1) is 8.59. The molecule has 1 unspecified atom stereocenters. The summed E-state index contributed by atoms with van der Waals surface area (Å²) in [6.45, 7) is 3.09. The highest BCUT2D eigenvalue weighted by Gasteiger charge is 2.30. The molecule has 1 aliphatic rings. The van der Waals surface area contributed by atoms with Gasteiger partial charge in [-0.3, -0.25) is 9.59 Å². The predicted molar refractivity (Wildman–Crippen MR) is 67.0 cm³/mol. The van der Waals surface area contributed by atoms with E-state index < -0.39 is 5.97 Å². The second-order valence-corrected chi connectivity index (χ2v) is 5.04. The summed E-state index contributed by atoms with van der Waals surface area (Å²) in [5, 5.41) is 12.6. The van der Waals surface area contributed by atoms with E-state index in [1.165, 1.54) is 11.3 Å². The van der Waals surface area contributed by atoms with E-state index in [2.05, 4.69) is 0 Å². The number of amides is 1. The van der Waals surface area contributed by atoms with Crippen molar-refractivity contribution in [3.8, 4) is 0 Å². The summed E-state index contributed by atoms with van der Waals surface area (Å²) in [7, 11) is 0. The maximum atomic E-state index is 12.4. The standard InChI is InChI=1S/C12H15NO4S/c1-8-6-18-7-10(8)12(16)13-2-3-17-5-9(13)4-11(14)15/h6-7,9H,2-5H2,1H3,(H,14,15). The van der Waals surface area contributed by atoms with Gasteiger partial charge in [0, 0.05) is 11.9 Å². The number of ether oxygens (including phenoxy) is 1. The van der Waals surface area contributed by atoms with E-state index in [0.29, 0.717) is 25.3 Å². The Labute approximate surface area is 109 Å². The molecule has 1 fully saturated rings. The molecule has 1 aromatic rings. The van der Waals surface area contributed by atoms with Gasteiger partial charge in [0.05, 0.1) is 31.2 Å². The molecule has 1 N–H and O–H groups in total. The maximum absolute atomic E-state index is 12.4. The fourth-order valence-electron chi connectivity index (χ4n) is 2.03. The predicted octanol–water partition coefficient (Wildman–Crippen LogP) is 1.37. The number of aryl methyl sites for hydroxylation is 1. The van der Waals surface area contributed by atoms with Gasteiger partial charge < -0.3 is 14.7 Å². The lowest BCUT2D eigenvalue weighted by molar-refractivity contribution is -0.139. The van der Waals surface area contributed by atoms with Crippen LogP contribution in [0.3, 0.4) is 0 Å². The van der Waals surface area contributed by atoms with E-state index in [1.807, 2.05) is 17.7 Å². The molecule has 0 bridgehead atoms. The van der Waals surface area contributed by atoms with Crippen LogP contribution >= 0.6 is 11.3 Å². The number of carbonyl (C=O) groups excluding carboxylic acids is 1. The van der Waals surface area contributed by atoms with Gasteiger partial charge in [0.2, 0.25) is 0 Å². The van der Waals surface area contributed by atoms with Crippen molar-refractivity contribution in [3.05, 3.63) is 21.9 Å². The number of nitrogens with zero attached hydrogens (tertiary/aromatic N) is 1. The Bertz CT molecular complexity index is 457. The zero-order valence-electron chi connectivity index (χ0n) is 10.1. The van der Waals surface area contributed by atoms with Gasteiger partial charge in [-0.1, -0.05) is 0 Å². The average molecular weight is 269 g/mol. The van der Waals surface area contributed by atoms with Gasteiger partial charge in [-0.05, 0) is 17.9 Å². The molecule has 2 heterocycles. The van der Waals surface area contributed by atoms with Gasteiger partial charge in [-0.15, -0.1) is 0 Å². The first-order valence-electron chi connectivity index (χ1n) is 5.73. The Hall–Kier alpha value is -1.40. The molecule has 2 rings (SSSR count). The van der Waals surface area contributed by atoms with Crippen LogP contribution in [0.5, 0.6) is 0 Å². The van der Waals surface area contributed by atoms with Crippen molar-refractivity contribution < 1.29 is 19.4 Å². The van der Waals surface area contributed by atoms with Gasteiger partial charge in [0.25, 0.3) is 5.91 Å². The molecule has 0 aliphatic carbocycles. The minimum Gasteiger partial charge on any atom is -0.481 e. The summed E-state index contributed by atoms with van der Waals surface area (Å²) >= 11 is 1.48. The minimum atomic E-state index is -0.912. The van der Waals surface area contributed by atoms with Crippen LogP contribution in [0.15, 0.2) is 10.8 Å².